The maximum Gasteiger partial charge on any atom is 0.312 e. The van der Waals surface area contributed by atoms with Crippen molar-refractivity contribution in [3.05, 3.63) is 0 Å². The maximum atomic E-state index is 11.3. The minimum Gasteiger partial charge on any atom is -0.466 e. The summed E-state index contributed by atoms with van der Waals surface area (Å²) in [5.74, 6) is 0.563. The Hall–Kier alpha value is -0.530. The molecule has 64 valence electrons. The Balaban J connectivity index is 2.42. The van der Waals surface area contributed by atoms with Crippen LogP contribution in [0.2, 0.25) is 0 Å². The molecule has 0 unspecified atom stereocenters. The van der Waals surface area contributed by atoms with E-state index in [4.69, 9.17) is 4.74 Å². The predicted octanol–water partition coefficient (Wildman–Crippen LogP) is 1.99. The van der Waals surface area contributed by atoms with Crippen molar-refractivity contribution in [1.29, 1.82) is 0 Å². The van der Waals surface area contributed by atoms with Crippen molar-refractivity contribution >= 4 is 5.97 Å². The lowest BCUT2D eigenvalue weighted by Crippen LogP contribution is -2.17. The van der Waals surface area contributed by atoms with E-state index in [2.05, 4.69) is 6.92 Å². The van der Waals surface area contributed by atoms with Crippen LogP contribution in [0, 0.1) is 11.3 Å². The van der Waals surface area contributed by atoms with Gasteiger partial charge in [0.2, 0.25) is 0 Å². The van der Waals surface area contributed by atoms with Crippen LogP contribution in [-0.2, 0) is 9.53 Å². The summed E-state index contributed by atoms with van der Waals surface area (Å²) in [6, 6.07) is 0. The largest absolute Gasteiger partial charge is 0.466 e. The van der Waals surface area contributed by atoms with E-state index in [1.165, 1.54) is 0 Å². The number of rotatable bonds is 3. The maximum absolute atomic E-state index is 11.3. The van der Waals surface area contributed by atoms with Gasteiger partial charge < -0.3 is 4.74 Å². The van der Waals surface area contributed by atoms with Gasteiger partial charge in [-0.15, -0.1) is 0 Å². The highest BCUT2D eigenvalue weighted by molar-refractivity contribution is 5.80. The van der Waals surface area contributed by atoms with Crippen molar-refractivity contribution in [3.63, 3.8) is 0 Å². The third-order valence-electron chi connectivity index (χ3n) is 2.65. The van der Waals surface area contributed by atoms with Gasteiger partial charge in [0.05, 0.1) is 12.0 Å². The Morgan fingerprint density at radius 3 is 2.64 bits per heavy atom. The van der Waals surface area contributed by atoms with Crippen LogP contribution in [0.4, 0.5) is 0 Å². The molecule has 0 radical (unpaired) electrons. The van der Waals surface area contributed by atoms with Crippen LogP contribution in [-0.4, -0.2) is 12.6 Å². The van der Waals surface area contributed by atoms with Crippen LogP contribution in [0.15, 0.2) is 0 Å². The van der Waals surface area contributed by atoms with Crippen LogP contribution in [0.3, 0.4) is 0 Å². The summed E-state index contributed by atoms with van der Waals surface area (Å²) < 4.78 is 4.96. The van der Waals surface area contributed by atoms with E-state index in [0.29, 0.717) is 12.5 Å². The first-order chi connectivity index (χ1) is 5.15. The highest BCUT2D eigenvalue weighted by atomic mass is 16.5. The lowest BCUT2D eigenvalue weighted by molar-refractivity contribution is -0.149. The molecular weight excluding hydrogens is 140 g/mol. The van der Waals surface area contributed by atoms with Gasteiger partial charge in [0.1, 0.15) is 0 Å². The molecule has 2 nitrogen and oxygen atoms in total. The van der Waals surface area contributed by atoms with Crippen molar-refractivity contribution in [3.8, 4) is 0 Å². The van der Waals surface area contributed by atoms with Crippen LogP contribution in [0.1, 0.15) is 33.6 Å². The second kappa shape index (κ2) is 2.84. The zero-order valence-corrected chi connectivity index (χ0v) is 7.52. The third kappa shape index (κ3) is 1.39. The van der Waals surface area contributed by atoms with Crippen molar-refractivity contribution in [2.45, 2.75) is 33.6 Å². The third-order valence-corrected chi connectivity index (χ3v) is 2.65. The molecule has 0 saturated heterocycles. The number of hydrogen-bond donors (Lipinski definition) is 0. The molecule has 0 N–H and O–H groups in total. The van der Waals surface area contributed by atoms with Crippen LogP contribution in [0.5, 0.6) is 0 Å². The average Bonchev–Trinajstić information content (AvgIpc) is 2.64. The Labute approximate surface area is 67.9 Å². The molecule has 1 rings (SSSR count). The lowest BCUT2D eigenvalue weighted by atomic mass is 10.1. The van der Waals surface area contributed by atoms with Gasteiger partial charge in [0.25, 0.3) is 0 Å². The average molecular weight is 156 g/mol. The molecule has 11 heavy (non-hydrogen) atoms. The molecule has 1 aliphatic carbocycles. The molecule has 0 aromatic carbocycles. The van der Waals surface area contributed by atoms with E-state index < -0.39 is 0 Å². The summed E-state index contributed by atoms with van der Waals surface area (Å²) >= 11 is 0. The van der Waals surface area contributed by atoms with E-state index in [1.807, 2.05) is 13.8 Å². The Bertz CT molecular complexity index is 165. The highest BCUT2D eigenvalue weighted by Gasteiger charge is 2.55. The summed E-state index contributed by atoms with van der Waals surface area (Å²) in [6.45, 7) is 6.48. The second-order valence-electron chi connectivity index (χ2n) is 3.45. The molecule has 0 aromatic heterocycles. The van der Waals surface area contributed by atoms with Crippen molar-refractivity contribution in [2.24, 2.45) is 11.3 Å². The number of carbonyl (C=O) groups is 1. The molecule has 1 fully saturated rings. The van der Waals surface area contributed by atoms with Gasteiger partial charge in [-0.25, -0.2) is 0 Å². The molecule has 0 heterocycles. The van der Waals surface area contributed by atoms with E-state index in [-0.39, 0.29) is 11.4 Å². The molecular formula is C9H16O2. The molecule has 1 saturated carbocycles. The molecule has 2 heteroatoms. The van der Waals surface area contributed by atoms with Gasteiger partial charge in [-0.05, 0) is 26.2 Å². The minimum atomic E-state index is -0.134. The summed E-state index contributed by atoms with van der Waals surface area (Å²) in [4.78, 5) is 11.3. The fourth-order valence-corrected chi connectivity index (χ4v) is 1.59. The molecule has 1 aliphatic rings. The second-order valence-corrected chi connectivity index (χ2v) is 3.45. The van der Waals surface area contributed by atoms with Gasteiger partial charge in [-0.3, -0.25) is 4.79 Å². The van der Waals surface area contributed by atoms with Gasteiger partial charge in [-0.1, -0.05) is 13.3 Å². The molecule has 0 aliphatic heterocycles. The first kappa shape index (κ1) is 8.57. The van der Waals surface area contributed by atoms with Gasteiger partial charge >= 0.3 is 5.97 Å². The minimum absolute atomic E-state index is 0.00755. The number of carbonyl (C=O) groups excluding carboxylic acids is 1. The van der Waals surface area contributed by atoms with E-state index >= 15 is 0 Å². The Morgan fingerprint density at radius 2 is 2.27 bits per heavy atom. The Kier molecular flexibility index (Phi) is 2.21. The molecule has 0 amide bonds. The molecule has 0 bridgehead atoms. The van der Waals surface area contributed by atoms with E-state index in [9.17, 15) is 4.79 Å². The summed E-state index contributed by atoms with van der Waals surface area (Å²) in [7, 11) is 0. The van der Waals surface area contributed by atoms with Crippen molar-refractivity contribution in [2.75, 3.05) is 6.61 Å². The fraction of sp³-hybridized carbons (Fsp3) is 0.889. The summed E-state index contributed by atoms with van der Waals surface area (Å²) in [5, 5.41) is 0. The number of hydrogen-bond acceptors (Lipinski definition) is 2. The van der Waals surface area contributed by atoms with Gasteiger partial charge in [0, 0.05) is 0 Å². The Morgan fingerprint density at radius 1 is 1.64 bits per heavy atom. The van der Waals surface area contributed by atoms with Gasteiger partial charge in [0.15, 0.2) is 0 Å². The summed E-state index contributed by atoms with van der Waals surface area (Å²) in [5.41, 5.74) is -0.134. The van der Waals surface area contributed by atoms with E-state index in [0.717, 1.165) is 12.8 Å². The SMILES string of the molecule is CCOC(=O)[C@]1(C)C[C@@H]1CC. The number of esters is 1. The summed E-state index contributed by atoms with van der Waals surface area (Å²) in [6.07, 6.45) is 2.11. The monoisotopic (exact) mass is 156 g/mol. The predicted molar refractivity (Wildman–Crippen MR) is 43.1 cm³/mol. The van der Waals surface area contributed by atoms with Crippen LogP contribution >= 0.6 is 0 Å². The molecule has 0 aromatic rings. The topological polar surface area (TPSA) is 26.3 Å². The number of ether oxygens (including phenoxy) is 1. The zero-order chi connectivity index (χ0) is 8.48. The standard InChI is InChI=1S/C9H16O2/c1-4-7-6-9(7,3)8(10)11-5-2/h7H,4-6H2,1-3H3/t7-,9+/m0/s1. The molecule has 0 spiro atoms. The first-order valence-electron chi connectivity index (χ1n) is 4.32. The van der Waals surface area contributed by atoms with Crippen molar-refractivity contribution < 1.29 is 9.53 Å². The smallest absolute Gasteiger partial charge is 0.312 e. The molecule has 2 atom stereocenters. The van der Waals surface area contributed by atoms with Gasteiger partial charge in [-0.2, -0.15) is 0 Å². The highest BCUT2D eigenvalue weighted by Crippen LogP contribution is 2.54. The quantitative estimate of drug-likeness (QED) is 0.584. The zero-order valence-electron chi connectivity index (χ0n) is 7.52. The van der Waals surface area contributed by atoms with Crippen LogP contribution < -0.4 is 0 Å². The van der Waals surface area contributed by atoms with Crippen LogP contribution in [0.25, 0.3) is 0 Å². The fourth-order valence-electron chi connectivity index (χ4n) is 1.59. The lowest BCUT2D eigenvalue weighted by Gasteiger charge is -2.08. The normalized spacial score (nSPS) is 35.0. The van der Waals surface area contributed by atoms with E-state index in [1.54, 1.807) is 0 Å². The van der Waals surface area contributed by atoms with Crippen molar-refractivity contribution in [1.82, 2.24) is 0 Å². The first-order valence-corrected chi connectivity index (χ1v) is 4.32.